The van der Waals surface area contributed by atoms with Crippen LogP contribution in [0.25, 0.3) is 89.5 Å². The van der Waals surface area contributed by atoms with E-state index in [4.69, 9.17) is 11.0 Å². The fourth-order valence-corrected chi connectivity index (χ4v) is 17.2. The van der Waals surface area contributed by atoms with Gasteiger partial charge in [0, 0.05) is 86.7 Å². The third-order valence-electron chi connectivity index (χ3n) is 22.1. The Morgan fingerprint density at radius 2 is 0.720 bits per heavy atom. The molecule has 12 aromatic rings. The first kappa shape index (κ1) is 59.1. The molecule has 2 atom stereocenters. The first-order chi connectivity index (χ1) is 50.6. The average Bonchev–Trinajstić information content (AvgIpc) is 1.31. The van der Waals surface area contributed by atoms with Crippen molar-refractivity contribution in [1.29, 1.82) is 0 Å². The lowest BCUT2D eigenvalue weighted by atomic mass is 9.78. The minimum Gasteiger partial charge on any atom is -0.207 e. The highest BCUT2D eigenvalue weighted by Crippen LogP contribution is 2.58. The van der Waals surface area contributed by atoms with E-state index in [1.165, 1.54) is 97.4 Å². The molecule has 504 valence electrons. The van der Waals surface area contributed by atoms with Gasteiger partial charge in [0.15, 0.2) is 24.8 Å². The van der Waals surface area contributed by atoms with Gasteiger partial charge in [-0.3, -0.25) is 0 Å². The van der Waals surface area contributed by atoms with Gasteiger partial charge in [-0.2, -0.15) is 0 Å². The molecule has 6 heteroatoms. The molecule has 4 aromatic heterocycles. The largest absolute Gasteiger partial charge is 0.212 e. The van der Waals surface area contributed by atoms with Gasteiger partial charge in [-0.1, -0.05) is 186 Å². The van der Waals surface area contributed by atoms with E-state index in [-0.39, 0.29) is 33.3 Å². The third kappa shape index (κ3) is 11.3. The summed E-state index contributed by atoms with van der Waals surface area (Å²) < 4.78 is 102. The summed E-state index contributed by atoms with van der Waals surface area (Å²) in [6, 6.07) is 64.2. The molecular weight excluding hydrogens is 1220 g/mol. The molecule has 4 aliphatic carbocycles. The van der Waals surface area contributed by atoms with Crippen molar-refractivity contribution in [2.75, 3.05) is 0 Å². The number of pyridine rings is 4. The van der Waals surface area contributed by atoms with E-state index in [0.717, 1.165) is 72.7 Å². The van der Waals surface area contributed by atoms with Crippen LogP contribution in [0.3, 0.4) is 0 Å². The Kier molecular flexibility index (Phi) is 15.2. The van der Waals surface area contributed by atoms with Crippen LogP contribution in [0.5, 0.6) is 0 Å². The van der Waals surface area contributed by atoms with Gasteiger partial charge < -0.3 is 0 Å². The molecule has 100 heavy (non-hydrogen) atoms. The van der Waals surface area contributed by atoms with E-state index in [2.05, 4.69) is 238 Å². The van der Waals surface area contributed by atoms with Gasteiger partial charge in [-0.15, -0.1) is 0 Å². The van der Waals surface area contributed by atoms with Crippen LogP contribution in [0.1, 0.15) is 184 Å². The summed E-state index contributed by atoms with van der Waals surface area (Å²) in [7, 11) is 8.24. The molecule has 2 unspecified atom stereocenters. The highest BCUT2D eigenvalue weighted by molar-refractivity contribution is 5.93. The highest BCUT2D eigenvalue weighted by atomic mass is 19.1. The van der Waals surface area contributed by atoms with Crippen LogP contribution in [0, 0.1) is 39.3 Å². The molecule has 4 aliphatic rings. The van der Waals surface area contributed by atoms with E-state index in [9.17, 15) is 8.78 Å². The van der Waals surface area contributed by atoms with Crippen molar-refractivity contribution >= 4 is 0 Å². The summed E-state index contributed by atoms with van der Waals surface area (Å²) in [6.07, 6.45) is 8.24. The van der Waals surface area contributed by atoms with Gasteiger partial charge >= 0.3 is 0 Å². The SMILES string of the molecule is Cc1ccc2c(c1-c1cccc[n+]1C)C(C)(C)c1c(F)cccc1-2.Cc1ccc2c(c1-c1cccc[n+]1C)C(C)(C)c1cc(F)ccc1-2.[2H]C([2H])([2H])C([2H])(C)c1ccc2c(c1)-c1ccc(C)c(-c3cccc[n+]3C)c1C2(C)C.[2H]C([2H])([2H])C([2H])(C)c1cccc2c1-c1ccc(C)c(-c3cccc[n+]3C)c1C2(C)C. The molecule has 4 nitrogen and oxygen atoms in total. The summed E-state index contributed by atoms with van der Waals surface area (Å²) in [5.41, 5.74) is 32.1. The second-order valence-electron chi connectivity index (χ2n) is 30.1. The van der Waals surface area contributed by atoms with E-state index in [1.54, 1.807) is 24.3 Å². The fraction of sp³-hybridized carbons (Fsp3) is 0.277. The molecule has 0 N–H and O–H groups in total. The van der Waals surface area contributed by atoms with Crippen molar-refractivity contribution in [2.24, 2.45) is 28.2 Å². The van der Waals surface area contributed by atoms with E-state index in [0.29, 0.717) is 11.1 Å². The minimum atomic E-state index is -2.42. The van der Waals surface area contributed by atoms with Crippen molar-refractivity contribution in [3.8, 4) is 89.5 Å². The predicted octanol–water partition coefficient (Wildman–Crippen LogP) is 21.7. The van der Waals surface area contributed by atoms with E-state index < -0.39 is 25.5 Å². The molecule has 0 aliphatic heterocycles. The highest BCUT2D eigenvalue weighted by Gasteiger charge is 2.45. The topological polar surface area (TPSA) is 15.5 Å². The fourth-order valence-electron chi connectivity index (χ4n) is 17.2. The Labute approximate surface area is 605 Å². The molecule has 0 radical (unpaired) electrons. The quantitative estimate of drug-likeness (QED) is 0.148. The van der Waals surface area contributed by atoms with Crippen molar-refractivity contribution in [2.45, 2.75) is 144 Å². The lowest BCUT2D eigenvalue weighted by Gasteiger charge is -2.24. The summed E-state index contributed by atoms with van der Waals surface area (Å²) in [5, 5.41) is 0. The van der Waals surface area contributed by atoms with Gasteiger partial charge in [-0.25, -0.2) is 27.0 Å². The number of aryl methyl sites for hydroxylation is 8. The second-order valence-corrected chi connectivity index (χ2v) is 30.1. The lowest BCUT2D eigenvalue weighted by molar-refractivity contribution is -0.660. The Morgan fingerprint density at radius 3 is 1.19 bits per heavy atom. The average molecular weight is 1330 g/mol. The van der Waals surface area contributed by atoms with Crippen LogP contribution >= 0.6 is 0 Å². The van der Waals surface area contributed by atoms with Gasteiger partial charge in [0.2, 0.25) is 22.8 Å². The number of aromatic nitrogens is 4. The summed E-state index contributed by atoms with van der Waals surface area (Å²) in [5.74, 6) is -3.64. The number of nitrogens with zero attached hydrogens (tertiary/aromatic N) is 4. The Bertz CT molecular complexity index is 5640. The molecule has 16 rings (SSSR count). The van der Waals surface area contributed by atoms with Crippen molar-refractivity contribution in [1.82, 2.24) is 0 Å². The molecule has 0 fully saturated rings. The number of hydrogen-bond acceptors (Lipinski definition) is 0. The first-order valence-electron chi connectivity index (χ1n) is 38.9. The molecular formula is C94H98F2N4+4. The molecule has 0 saturated carbocycles. The van der Waals surface area contributed by atoms with Crippen LogP contribution in [-0.4, -0.2) is 0 Å². The van der Waals surface area contributed by atoms with Crippen molar-refractivity contribution in [3.05, 3.63) is 308 Å². The summed E-state index contributed by atoms with van der Waals surface area (Å²) >= 11 is 0. The maximum absolute atomic E-state index is 14.7. The normalized spacial score (nSPS) is 17.0. The number of halogens is 2. The summed E-state index contributed by atoms with van der Waals surface area (Å²) in [4.78, 5) is 0. The standard InChI is InChI=1S/2C25H28N.2C22H21FN/c1-16(2)18-10-9-11-20-23(18)19-14-13-17(3)22(24(19)25(20,4)5)21-12-7-8-15-26(21)6;1-16(2)18-11-13-21-20(15-18)19-12-10-17(3)23(24(19)25(21,4)5)22-9-7-8-14-26(22)6;1-14-11-12-16-15-8-7-9-17(23)20(15)22(2,3)21(16)19(14)18-10-5-6-13-24(18)4;1-14-8-10-17-16-11-9-15(23)13-18(16)22(2,3)21(17)20(14)19-7-5-6-12-24(19)4/h2*7-16H,1-6H3;2*5-13H,1-4H3/q4*+1/i2*1D3,16D;;. The lowest BCUT2D eigenvalue weighted by Crippen LogP contribution is -2.31. The molecule has 8 aromatic carbocycles. The molecule has 0 saturated heterocycles. The van der Waals surface area contributed by atoms with Gasteiger partial charge in [0.05, 0.1) is 22.3 Å². The predicted molar refractivity (Wildman–Crippen MR) is 410 cm³/mol. The van der Waals surface area contributed by atoms with E-state index in [1.807, 2.05) is 86.0 Å². The van der Waals surface area contributed by atoms with Gasteiger partial charge in [0.1, 0.15) is 39.8 Å². The minimum absolute atomic E-state index is 0.116. The monoisotopic (exact) mass is 1330 g/mol. The van der Waals surface area contributed by atoms with Crippen LogP contribution in [0.15, 0.2) is 219 Å². The zero-order valence-corrected chi connectivity index (χ0v) is 61.3. The van der Waals surface area contributed by atoms with Gasteiger partial charge in [-0.05, 0) is 199 Å². The van der Waals surface area contributed by atoms with E-state index >= 15 is 0 Å². The first-order valence-corrected chi connectivity index (χ1v) is 34.9. The number of hydrogen-bond donors (Lipinski definition) is 0. The third-order valence-corrected chi connectivity index (χ3v) is 22.1. The zero-order chi connectivity index (χ0) is 78.2. The maximum Gasteiger partial charge on any atom is 0.212 e. The van der Waals surface area contributed by atoms with Crippen molar-refractivity contribution in [3.63, 3.8) is 0 Å². The van der Waals surface area contributed by atoms with Crippen LogP contribution in [-0.2, 0) is 49.9 Å². The van der Waals surface area contributed by atoms with Crippen LogP contribution < -0.4 is 18.3 Å². The molecule has 0 spiro atoms. The number of fused-ring (bicyclic) bond motifs is 12. The smallest absolute Gasteiger partial charge is 0.207 e. The van der Waals surface area contributed by atoms with Crippen molar-refractivity contribution < 1.29 is 38.0 Å². The zero-order valence-electron chi connectivity index (χ0n) is 69.3. The summed E-state index contributed by atoms with van der Waals surface area (Å²) in [6.45, 7) is 24.2. The van der Waals surface area contributed by atoms with Gasteiger partial charge in [0.25, 0.3) is 0 Å². The Hall–Kier alpha value is -9.78. The number of benzene rings is 8. The molecule has 0 bridgehead atoms. The Balaban J connectivity index is 0.000000128. The van der Waals surface area contributed by atoms with Crippen LogP contribution in [0.4, 0.5) is 8.78 Å². The number of rotatable bonds is 6. The maximum atomic E-state index is 14.7. The Morgan fingerprint density at radius 1 is 0.330 bits per heavy atom. The second kappa shape index (κ2) is 25.7. The van der Waals surface area contributed by atoms with Crippen LogP contribution in [0.2, 0.25) is 0 Å². The molecule has 4 heterocycles. The molecule has 0 amide bonds.